The van der Waals surface area contributed by atoms with Crippen LogP contribution in [0.1, 0.15) is 5.69 Å². The molecule has 3 heterocycles. The molecule has 0 atom stereocenters. The summed E-state index contributed by atoms with van der Waals surface area (Å²) in [5.41, 5.74) is 1.41. The minimum Gasteiger partial charge on any atom is -0.322 e. The van der Waals surface area contributed by atoms with Crippen molar-refractivity contribution in [2.24, 2.45) is 0 Å². The Morgan fingerprint density at radius 2 is 1.71 bits per heavy atom. The zero-order chi connectivity index (χ0) is 16.6. The molecular formula is C18H14N4OS. The summed E-state index contributed by atoms with van der Waals surface area (Å²) in [6.07, 6.45) is 8.19. The molecule has 3 aromatic heterocycles. The molecule has 1 amide bonds. The Hall–Kier alpha value is -2.99. The van der Waals surface area contributed by atoms with Crippen molar-refractivity contribution in [1.82, 2.24) is 15.0 Å². The van der Waals surface area contributed by atoms with Gasteiger partial charge in [-0.2, -0.15) is 0 Å². The molecule has 0 radical (unpaired) electrons. The van der Waals surface area contributed by atoms with Crippen LogP contribution in [0.4, 0.5) is 5.69 Å². The third-order valence-electron chi connectivity index (χ3n) is 2.94. The van der Waals surface area contributed by atoms with Gasteiger partial charge in [-0.3, -0.25) is 9.78 Å². The molecule has 1 N–H and O–H groups in total. The van der Waals surface area contributed by atoms with Crippen LogP contribution in [-0.4, -0.2) is 20.9 Å². The summed E-state index contributed by atoms with van der Waals surface area (Å²) < 4.78 is 0. The van der Waals surface area contributed by atoms with Crippen LogP contribution in [0.2, 0.25) is 0 Å². The summed E-state index contributed by atoms with van der Waals surface area (Å²) in [4.78, 5) is 24.6. The predicted molar refractivity (Wildman–Crippen MR) is 94.5 cm³/mol. The van der Waals surface area contributed by atoms with Crippen LogP contribution in [0.5, 0.6) is 0 Å². The Morgan fingerprint density at radius 3 is 2.46 bits per heavy atom. The normalized spacial score (nSPS) is 10.7. The van der Waals surface area contributed by atoms with E-state index in [0.29, 0.717) is 5.69 Å². The van der Waals surface area contributed by atoms with Gasteiger partial charge in [0.1, 0.15) is 10.1 Å². The van der Waals surface area contributed by atoms with Crippen molar-refractivity contribution in [1.29, 1.82) is 0 Å². The lowest BCUT2D eigenvalue weighted by Gasteiger charge is -2.04. The van der Waals surface area contributed by atoms with Crippen molar-refractivity contribution in [3.05, 3.63) is 78.9 Å². The Balaban J connectivity index is 1.64. The number of hydrogen-bond donors (Lipinski definition) is 1. The van der Waals surface area contributed by atoms with Gasteiger partial charge in [-0.15, -0.1) is 0 Å². The highest BCUT2D eigenvalue weighted by Gasteiger charge is 2.03. The number of pyridine rings is 3. The van der Waals surface area contributed by atoms with Gasteiger partial charge in [0.05, 0.1) is 5.69 Å². The summed E-state index contributed by atoms with van der Waals surface area (Å²) in [6.45, 7) is 0. The third kappa shape index (κ3) is 4.76. The van der Waals surface area contributed by atoms with Crippen LogP contribution in [0.25, 0.3) is 6.08 Å². The van der Waals surface area contributed by atoms with Crippen molar-refractivity contribution >= 4 is 29.4 Å². The number of anilines is 1. The fraction of sp³-hybridized carbons (Fsp3) is 0. The second kappa shape index (κ2) is 8.03. The first-order chi connectivity index (χ1) is 11.8. The quantitative estimate of drug-likeness (QED) is 0.721. The minimum atomic E-state index is -0.222. The largest absolute Gasteiger partial charge is 0.322 e. The molecule has 24 heavy (non-hydrogen) atoms. The van der Waals surface area contributed by atoms with Gasteiger partial charge < -0.3 is 5.32 Å². The molecule has 0 bridgehead atoms. The highest BCUT2D eigenvalue weighted by Crippen LogP contribution is 2.25. The first-order valence-corrected chi connectivity index (χ1v) is 8.06. The molecule has 0 saturated heterocycles. The van der Waals surface area contributed by atoms with E-state index in [0.717, 1.165) is 15.7 Å². The number of carbonyl (C=O) groups excluding carboxylic acids is 1. The molecule has 0 fully saturated rings. The molecule has 5 nitrogen and oxygen atoms in total. The van der Waals surface area contributed by atoms with Gasteiger partial charge in [-0.05, 0) is 42.5 Å². The minimum absolute atomic E-state index is 0.222. The summed E-state index contributed by atoms with van der Waals surface area (Å²) in [7, 11) is 0. The number of aromatic nitrogens is 3. The number of carbonyl (C=O) groups is 1. The van der Waals surface area contributed by atoms with Gasteiger partial charge in [0.2, 0.25) is 5.91 Å². The fourth-order valence-corrected chi connectivity index (χ4v) is 2.65. The van der Waals surface area contributed by atoms with E-state index in [2.05, 4.69) is 20.3 Å². The molecule has 0 saturated carbocycles. The number of rotatable bonds is 5. The maximum atomic E-state index is 12.0. The average Bonchev–Trinajstić information content (AvgIpc) is 2.62. The number of nitrogens with one attached hydrogen (secondary N) is 1. The maximum absolute atomic E-state index is 12.0. The van der Waals surface area contributed by atoms with E-state index in [1.807, 2.05) is 42.5 Å². The van der Waals surface area contributed by atoms with Crippen LogP contribution >= 0.6 is 11.8 Å². The lowest BCUT2D eigenvalue weighted by Crippen LogP contribution is -2.07. The molecule has 6 heteroatoms. The summed E-state index contributed by atoms with van der Waals surface area (Å²) >= 11 is 1.44. The van der Waals surface area contributed by atoms with E-state index in [4.69, 9.17) is 0 Å². The summed E-state index contributed by atoms with van der Waals surface area (Å²) in [5.74, 6) is -0.222. The predicted octanol–water partition coefficient (Wildman–Crippen LogP) is 3.67. The molecular weight excluding hydrogens is 320 g/mol. The molecule has 0 aliphatic heterocycles. The van der Waals surface area contributed by atoms with Gasteiger partial charge in [0.25, 0.3) is 0 Å². The Bertz CT molecular complexity index is 838. The molecule has 0 aliphatic carbocycles. The van der Waals surface area contributed by atoms with Crippen molar-refractivity contribution in [2.45, 2.75) is 10.1 Å². The highest BCUT2D eigenvalue weighted by molar-refractivity contribution is 7.99. The van der Waals surface area contributed by atoms with E-state index >= 15 is 0 Å². The van der Waals surface area contributed by atoms with E-state index in [1.165, 1.54) is 17.8 Å². The van der Waals surface area contributed by atoms with Gasteiger partial charge in [0.15, 0.2) is 0 Å². The van der Waals surface area contributed by atoms with Crippen molar-refractivity contribution in [2.75, 3.05) is 5.32 Å². The monoisotopic (exact) mass is 334 g/mol. The number of amides is 1. The van der Waals surface area contributed by atoms with Crippen molar-refractivity contribution in [3.63, 3.8) is 0 Å². The number of nitrogens with zero attached hydrogens (tertiary/aromatic N) is 3. The lowest BCUT2D eigenvalue weighted by atomic mass is 10.3. The SMILES string of the molecule is O=C(C=Cc1ccccn1)Nc1ccnc(Sc2ccccn2)c1. The smallest absolute Gasteiger partial charge is 0.248 e. The van der Waals surface area contributed by atoms with Crippen molar-refractivity contribution in [3.8, 4) is 0 Å². The molecule has 3 aromatic rings. The highest BCUT2D eigenvalue weighted by atomic mass is 32.2. The fourth-order valence-electron chi connectivity index (χ4n) is 1.88. The Morgan fingerprint density at radius 1 is 0.917 bits per heavy atom. The van der Waals surface area contributed by atoms with Crippen LogP contribution in [0, 0.1) is 0 Å². The zero-order valence-corrected chi connectivity index (χ0v) is 13.5. The summed E-state index contributed by atoms with van der Waals surface area (Å²) in [5, 5.41) is 4.43. The van der Waals surface area contributed by atoms with Gasteiger partial charge in [-0.25, -0.2) is 9.97 Å². The molecule has 3 rings (SSSR count). The van der Waals surface area contributed by atoms with Crippen LogP contribution in [0.3, 0.4) is 0 Å². The Kier molecular flexibility index (Phi) is 5.32. The average molecular weight is 334 g/mol. The lowest BCUT2D eigenvalue weighted by molar-refractivity contribution is -0.111. The van der Waals surface area contributed by atoms with Gasteiger partial charge in [0, 0.05) is 30.4 Å². The summed E-state index contributed by atoms with van der Waals surface area (Å²) in [6, 6.07) is 14.8. The second-order valence-corrected chi connectivity index (χ2v) is 5.77. The molecule has 0 aromatic carbocycles. The first kappa shape index (κ1) is 15.9. The van der Waals surface area contributed by atoms with Crippen LogP contribution < -0.4 is 5.32 Å². The maximum Gasteiger partial charge on any atom is 0.248 e. The topological polar surface area (TPSA) is 67.8 Å². The van der Waals surface area contributed by atoms with Gasteiger partial charge in [-0.1, -0.05) is 23.9 Å². The van der Waals surface area contributed by atoms with E-state index in [1.54, 1.807) is 30.7 Å². The van der Waals surface area contributed by atoms with Crippen molar-refractivity contribution < 1.29 is 4.79 Å². The van der Waals surface area contributed by atoms with E-state index in [-0.39, 0.29) is 5.91 Å². The molecule has 0 aliphatic rings. The second-order valence-electron chi connectivity index (χ2n) is 4.73. The third-order valence-corrected chi connectivity index (χ3v) is 3.83. The van der Waals surface area contributed by atoms with Crippen LogP contribution in [-0.2, 0) is 4.79 Å². The standard InChI is InChI=1S/C18H14N4OS/c23-16(8-7-14-5-1-3-10-19-14)22-15-9-12-21-18(13-15)24-17-6-2-4-11-20-17/h1-13H,(H,21,22,23). The van der Waals surface area contributed by atoms with Gasteiger partial charge >= 0.3 is 0 Å². The van der Waals surface area contributed by atoms with E-state index < -0.39 is 0 Å². The molecule has 118 valence electrons. The van der Waals surface area contributed by atoms with Crippen LogP contribution in [0.15, 0.2) is 83.2 Å². The zero-order valence-electron chi connectivity index (χ0n) is 12.7. The molecule has 0 spiro atoms. The first-order valence-electron chi connectivity index (χ1n) is 7.25. The molecule has 0 unspecified atom stereocenters. The van der Waals surface area contributed by atoms with E-state index in [9.17, 15) is 4.79 Å². The Labute approximate surface area is 143 Å². The number of hydrogen-bond acceptors (Lipinski definition) is 5.